The fourth-order valence-corrected chi connectivity index (χ4v) is 3.10. The molecule has 0 bridgehead atoms. The van der Waals surface area contributed by atoms with Gasteiger partial charge in [0.1, 0.15) is 0 Å². The number of rotatable bonds is 3. The van der Waals surface area contributed by atoms with Crippen molar-refractivity contribution in [3.63, 3.8) is 0 Å². The Morgan fingerprint density at radius 2 is 1.71 bits per heavy atom. The van der Waals surface area contributed by atoms with Crippen molar-refractivity contribution >= 4 is 11.8 Å². The third-order valence-corrected chi connectivity index (χ3v) is 4.45. The number of hydrogen-bond donors (Lipinski definition) is 0. The highest BCUT2D eigenvalue weighted by atomic mass is 16.2. The molecular formula is C16H21N3O2. The van der Waals surface area contributed by atoms with Crippen LogP contribution in [0.1, 0.15) is 12.0 Å². The number of benzene rings is 1. The predicted molar refractivity (Wildman–Crippen MR) is 79.5 cm³/mol. The number of carbonyl (C=O) groups is 2. The predicted octanol–water partition coefficient (Wildman–Crippen LogP) is 0.561. The van der Waals surface area contributed by atoms with Gasteiger partial charge in [0.15, 0.2) is 0 Å². The van der Waals surface area contributed by atoms with Crippen molar-refractivity contribution in [1.82, 2.24) is 14.7 Å². The molecule has 2 fully saturated rings. The van der Waals surface area contributed by atoms with Crippen molar-refractivity contribution in [2.75, 3.05) is 33.2 Å². The van der Waals surface area contributed by atoms with E-state index >= 15 is 0 Å². The van der Waals surface area contributed by atoms with E-state index in [4.69, 9.17) is 0 Å². The first-order valence-electron chi connectivity index (χ1n) is 7.46. The molecule has 0 aromatic heterocycles. The smallest absolute Gasteiger partial charge is 0.246 e. The molecule has 21 heavy (non-hydrogen) atoms. The molecular weight excluding hydrogens is 266 g/mol. The number of amides is 2. The zero-order valence-corrected chi connectivity index (χ0v) is 12.4. The first-order valence-corrected chi connectivity index (χ1v) is 7.46. The summed E-state index contributed by atoms with van der Waals surface area (Å²) in [5.74, 6) is -0.103. The van der Waals surface area contributed by atoms with Gasteiger partial charge in [-0.1, -0.05) is 30.3 Å². The Hall–Kier alpha value is -1.72. The summed E-state index contributed by atoms with van der Waals surface area (Å²) >= 11 is 0. The third kappa shape index (κ3) is 2.99. The molecule has 2 heterocycles. The minimum absolute atomic E-state index is 0.0449. The Morgan fingerprint density at radius 3 is 2.29 bits per heavy atom. The number of imide groups is 1. The second-order valence-corrected chi connectivity index (χ2v) is 5.81. The van der Waals surface area contributed by atoms with Crippen LogP contribution in [0, 0.1) is 0 Å². The molecule has 1 aromatic rings. The normalized spacial score (nSPS) is 24.8. The van der Waals surface area contributed by atoms with E-state index in [-0.39, 0.29) is 17.9 Å². The van der Waals surface area contributed by atoms with Crippen LogP contribution in [0.2, 0.25) is 0 Å². The van der Waals surface area contributed by atoms with Crippen LogP contribution in [-0.4, -0.2) is 65.8 Å². The molecule has 2 saturated heterocycles. The van der Waals surface area contributed by atoms with E-state index in [1.165, 1.54) is 10.5 Å². The maximum atomic E-state index is 12.0. The van der Waals surface area contributed by atoms with E-state index in [1.54, 1.807) is 7.05 Å². The summed E-state index contributed by atoms with van der Waals surface area (Å²) in [6.07, 6.45) is 0.341. The van der Waals surface area contributed by atoms with Crippen molar-refractivity contribution in [2.45, 2.75) is 19.0 Å². The summed E-state index contributed by atoms with van der Waals surface area (Å²) < 4.78 is 0. The van der Waals surface area contributed by atoms with Gasteiger partial charge in [0.2, 0.25) is 11.8 Å². The Balaban J connectivity index is 1.54. The molecule has 2 amide bonds. The van der Waals surface area contributed by atoms with Crippen LogP contribution in [-0.2, 0) is 16.1 Å². The molecule has 112 valence electrons. The Labute approximate surface area is 125 Å². The Morgan fingerprint density at radius 1 is 1.05 bits per heavy atom. The van der Waals surface area contributed by atoms with Gasteiger partial charge in [0.05, 0.1) is 12.5 Å². The van der Waals surface area contributed by atoms with Gasteiger partial charge < -0.3 is 0 Å². The van der Waals surface area contributed by atoms with Gasteiger partial charge in [-0.2, -0.15) is 0 Å². The summed E-state index contributed by atoms with van der Waals surface area (Å²) in [5.41, 5.74) is 1.32. The minimum Gasteiger partial charge on any atom is -0.297 e. The lowest BCUT2D eigenvalue weighted by atomic mass is 10.1. The molecule has 0 aliphatic carbocycles. The molecule has 3 rings (SSSR count). The molecule has 2 aliphatic rings. The average molecular weight is 287 g/mol. The standard InChI is InChI=1S/C16H21N3O2/c1-17-15(20)11-14(16(17)21)19-9-7-18(8-10-19)12-13-5-3-2-4-6-13/h2-6,14H,7-12H2,1H3. The van der Waals surface area contributed by atoms with E-state index in [0.29, 0.717) is 6.42 Å². The average Bonchev–Trinajstić information content (AvgIpc) is 2.77. The molecule has 1 atom stereocenters. The SMILES string of the molecule is CN1C(=O)CC(N2CCN(Cc3ccccc3)CC2)C1=O. The van der Waals surface area contributed by atoms with Crippen LogP contribution in [0.5, 0.6) is 0 Å². The molecule has 0 saturated carbocycles. The van der Waals surface area contributed by atoms with Crippen molar-refractivity contribution in [3.05, 3.63) is 35.9 Å². The van der Waals surface area contributed by atoms with Crippen LogP contribution in [0.15, 0.2) is 30.3 Å². The molecule has 1 unspecified atom stereocenters. The van der Waals surface area contributed by atoms with Gasteiger partial charge in [-0.25, -0.2) is 0 Å². The highest BCUT2D eigenvalue weighted by Crippen LogP contribution is 2.19. The van der Waals surface area contributed by atoms with Crippen molar-refractivity contribution in [3.8, 4) is 0 Å². The van der Waals surface area contributed by atoms with E-state index < -0.39 is 0 Å². The van der Waals surface area contributed by atoms with Gasteiger partial charge in [-0.05, 0) is 5.56 Å². The molecule has 0 N–H and O–H groups in total. The van der Waals surface area contributed by atoms with E-state index in [2.05, 4.69) is 34.1 Å². The van der Waals surface area contributed by atoms with E-state index in [1.807, 2.05) is 6.07 Å². The molecule has 5 heteroatoms. The Kier molecular flexibility index (Phi) is 4.03. The largest absolute Gasteiger partial charge is 0.297 e. The minimum atomic E-state index is -0.235. The summed E-state index contributed by atoms with van der Waals surface area (Å²) in [7, 11) is 1.58. The Bertz CT molecular complexity index is 524. The summed E-state index contributed by atoms with van der Waals surface area (Å²) in [4.78, 5) is 29.5. The second-order valence-electron chi connectivity index (χ2n) is 5.81. The zero-order valence-electron chi connectivity index (χ0n) is 12.4. The lowest BCUT2D eigenvalue weighted by molar-refractivity contribution is -0.138. The van der Waals surface area contributed by atoms with Crippen LogP contribution in [0.3, 0.4) is 0 Å². The van der Waals surface area contributed by atoms with Crippen molar-refractivity contribution < 1.29 is 9.59 Å². The quantitative estimate of drug-likeness (QED) is 0.762. The fraction of sp³-hybridized carbons (Fsp3) is 0.500. The number of nitrogens with zero attached hydrogens (tertiary/aromatic N) is 3. The van der Waals surface area contributed by atoms with Crippen LogP contribution < -0.4 is 0 Å². The van der Waals surface area contributed by atoms with E-state index in [9.17, 15) is 9.59 Å². The maximum absolute atomic E-state index is 12.0. The molecule has 2 aliphatic heterocycles. The first kappa shape index (κ1) is 14.2. The van der Waals surface area contributed by atoms with Gasteiger partial charge in [0.25, 0.3) is 0 Å². The fourth-order valence-electron chi connectivity index (χ4n) is 3.10. The number of hydrogen-bond acceptors (Lipinski definition) is 4. The second kappa shape index (κ2) is 5.95. The molecule has 0 radical (unpaired) electrons. The third-order valence-electron chi connectivity index (χ3n) is 4.45. The summed E-state index contributed by atoms with van der Waals surface area (Å²) in [6, 6.07) is 10.2. The summed E-state index contributed by atoms with van der Waals surface area (Å²) in [6.45, 7) is 4.54. The van der Waals surface area contributed by atoms with Crippen LogP contribution in [0.4, 0.5) is 0 Å². The zero-order chi connectivity index (χ0) is 14.8. The van der Waals surface area contributed by atoms with E-state index in [0.717, 1.165) is 32.7 Å². The first-order chi connectivity index (χ1) is 10.1. The highest BCUT2D eigenvalue weighted by Gasteiger charge is 2.40. The maximum Gasteiger partial charge on any atom is 0.246 e. The van der Waals surface area contributed by atoms with Gasteiger partial charge in [-0.15, -0.1) is 0 Å². The number of likely N-dealkylation sites (tertiary alicyclic amines) is 1. The van der Waals surface area contributed by atoms with Crippen molar-refractivity contribution in [1.29, 1.82) is 0 Å². The highest BCUT2D eigenvalue weighted by molar-refractivity contribution is 6.05. The summed E-state index contributed by atoms with van der Waals surface area (Å²) in [5, 5.41) is 0. The van der Waals surface area contributed by atoms with Gasteiger partial charge >= 0.3 is 0 Å². The number of piperazine rings is 1. The molecule has 5 nitrogen and oxygen atoms in total. The van der Waals surface area contributed by atoms with Crippen molar-refractivity contribution in [2.24, 2.45) is 0 Å². The van der Waals surface area contributed by atoms with Gasteiger partial charge in [0, 0.05) is 39.8 Å². The molecule has 0 spiro atoms. The van der Waals surface area contributed by atoms with Gasteiger partial charge in [-0.3, -0.25) is 24.3 Å². The molecule has 1 aromatic carbocycles. The number of likely N-dealkylation sites (N-methyl/N-ethyl adjacent to an activating group) is 1. The van der Waals surface area contributed by atoms with Crippen LogP contribution in [0.25, 0.3) is 0 Å². The lowest BCUT2D eigenvalue weighted by Gasteiger charge is -2.36. The van der Waals surface area contributed by atoms with Crippen LogP contribution >= 0.6 is 0 Å². The number of carbonyl (C=O) groups excluding carboxylic acids is 2. The monoisotopic (exact) mass is 287 g/mol. The lowest BCUT2D eigenvalue weighted by Crippen LogP contribution is -2.52. The topological polar surface area (TPSA) is 43.9 Å².